The summed E-state index contributed by atoms with van der Waals surface area (Å²) >= 11 is 0. The van der Waals surface area contributed by atoms with Gasteiger partial charge in [-0.1, -0.05) is 13.8 Å². The molecule has 0 unspecified atom stereocenters. The summed E-state index contributed by atoms with van der Waals surface area (Å²) in [5, 5.41) is 11.1. The number of nitrogens with zero attached hydrogens (tertiary/aromatic N) is 4. The normalized spacial score (nSPS) is 11.2. The van der Waals surface area contributed by atoms with E-state index in [2.05, 4.69) is 34.6 Å². The van der Waals surface area contributed by atoms with Gasteiger partial charge in [0.15, 0.2) is 5.69 Å². The molecule has 0 bridgehead atoms. The predicted octanol–water partition coefficient (Wildman–Crippen LogP) is 4.76. The second-order valence-electron chi connectivity index (χ2n) is 8.95. The van der Waals surface area contributed by atoms with Crippen LogP contribution < -0.4 is 10.6 Å². The number of ether oxygens (including phenoxy) is 1. The Labute approximate surface area is 208 Å². The highest BCUT2D eigenvalue weighted by molar-refractivity contribution is 6.10. The fourth-order valence-corrected chi connectivity index (χ4v) is 3.93. The van der Waals surface area contributed by atoms with Crippen LogP contribution in [-0.4, -0.2) is 38.3 Å². The minimum absolute atomic E-state index is 0.272. The number of anilines is 2. The Morgan fingerprint density at radius 2 is 1.92 bits per heavy atom. The summed E-state index contributed by atoms with van der Waals surface area (Å²) in [6.45, 7) is 6.62. The molecule has 0 saturated heterocycles. The van der Waals surface area contributed by atoms with Gasteiger partial charge in [-0.25, -0.2) is 18.9 Å². The molecular formula is C26H29FN6O3. The van der Waals surface area contributed by atoms with Crippen molar-refractivity contribution in [2.45, 2.75) is 40.3 Å². The minimum atomic E-state index is -0.539. The van der Waals surface area contributed by atoms with Gasteiger partial charge >= 0.3 is 5.97 Å². The summed E-state index contributed by atoms with van der Waals surface area (Å²) in [5.41, 5.74) is 3.62. The second kappa shape index (κ2) is 10.6. The maximum absolute atomic E-state index is 13.2. The lowest BCUT2D eigenvalue weighted by molar-refractivity contribution is -0.114. The SMILES string of the molecule is COC(=O)c1c(NC(C)=O)c2cc(NCc3cnn(-c4ccc(F)cc4)c3)cnc2n1CCC(C)C. The topological polar surface area (TPSA) is 103 Å². The van der Waals surface area contributed by atoms with Crippen LogP contribution in [-0.2, 0) is 22.6 Å². The average Bonchev–Trinajstić information content (AvgIpc) is 3.44. The van der Waals surface area contributed by atoms with E-state index in [-0.39, 0.29) is 17.4 Å². The van der Waals surface area contributed by atoms with Crippen molar-refractivity contribution >= 4 is 34.3 Å². The van der Waals surface area contributed by atoms with Crippen molar-refractivity contribution in [1.29, 1.82) is 0 Å². The molecule has 2 N–H and O–H groups in total. The quantitative estimate of drug-likeness (QED) is 0.327. The molecule has 188 valence electrons. The molecule has 10 heteroatoms. The summed E-state index contributed by atoms with van der Waals surface area (Å²) in [5.74, 6) is -0.727. The number of esters is 1. The first-order valence-electron chi connectivity index (χ1n) is 11.7. The first kappa shape index (κ1) is 24.9. The third-order valence-corrected chi connectivity index (χ3v) is 5.73. The Morgan fingerprint density at radius 3 is 2.58 bits per heavy atom. The number of fused-ring (bicyclic) bond motifs is 1. The van der Waals surface area contributed by atoms with E-state index in [1.165, 1.54) is 26.2 Å². The average molecular weight is 493 g/mol. The standard InChI is InChI=1S/C26H29FN6O3/c1-16(2)9-10-32-24(26(35)36-4)23(31-17(3)34)22-11-20(14-29-25(22)32)28-12-18-13-30-33(15-18)21-7-5-19(27)6-8-21/h5-8,11,13-16,28H,9-10,12H2,1-4H3,(H,31,34). The molecule has 0 atom stereocenters. The highest BCUT2D eigenvalue weighted by atomic mass is 19.1. The maximum Gasteiger partial charge on any atom is 0.356 e. The zero-order valence-corrected chi connectivity index (χ0v) is 20.7. The van der Waals surface area contributed by atoms with E-state index in [4.69, 9.17) is 4.74 Å². The van der Waals surface area contributed by atoms with Gasteiger partial charge in [0, 0.05) is 37.2 Å². The van der Waals surface area contributed by atoms with E-state index in [0.717, 1.165) is 17.7 Å². The van der Waals surface area contributed by atoms with E-state index in [0.29, 0.717) is 41.4 Å². The van der Waals surface area contributed by atoms with Crippen LogP contribution in [0.3, 0.4) is 0 Å². The molecule has 0 radical (unpaired) electrons. The molecule has 4 rings (SSSR count). The van der Waals surface area contributed by atoms with E-state index >= 15 is 0 Å². The molecule has 3 aromatic heterocycles. The number of hydrogen-bond acceptors (Lipinski definition) is 6. The third kappa shape index (κ3) is 5.37. The van der Waals surface area contributed by atoms with Crippen LogP contribution in [0.2, 0.25) is 0 Å². The fourth-order valence-electron chi connectivity index (χ4n) is 3.93. The van der Waals surface area contributed by atoms with E-state index in [1.54, 1.807) is 29.2 Å². The summed E-state index contributed by atoms with van der Waals surface area (Å²) in [6, 6.07) is 7.95. The summed E-state index contributed by atoms with van der Waals surface area (Å²) in [6.07, 6.45) is 6.10. The van der Waals surface area contributed by atoms with E-state index < -0.39 is 5.97 Å². The molecule has 0 fully saturated rings. The number of rotatable bonds is 9. The Bertz CT molecular complexity index is 1390. The van der Waals surface area contributed by atoms with Gasteiger partial charge in [0.25, 0.3) is 0 Å². The lowest BCUT2D eigenvalue weighted by Crippen LogP contribution is -2.16. The number of carbonyl (C=O) groups excluding carboxylic acids is 2. The van der Waals surface area contributed by atoms with Crippen LogP contribution >= 0.6 is 0 Å². The van der Waals surface area contributed by atoms with Crippen molar-refractivity contribution in [3.63, 3.8) is 0 Å². The maximum atomic E-state index is 13.2. The minimum Gasteiger partial charge on any atom is -0.464 e. The molecular weight excluding hydrogens is 463 g/mol. The Kier molecular flexibility index (Phi) is 7.33. The van der Waals surface area contributed by atoms with Gasteiger partial charge in [0.2, 0.25) is 5.91 Å². The Balaban J connectivity index is 1.64. The predicted molar refractivity (Wildman–Crippen MR) is 136 cm³/mol. The van der Waals surface area contributed by atoms with Gasteiger partial charge in [-0.05, 0) is 42.7 Å². The lowest BCUT2D eigenvalue weighted by atomic mass is 10.1. The first-order chi connectivity index (χ1) is 17.3. The highest BCUT2D eigenvalue weighted by Crippen LogP contribution is 2.33. The Morgan fingerprint density at radius 1 is 1.17 bits per heavy atom. The molecule has 0 saturated carbocycles. The lowest BCUT2D eigenvalue weighted by Gasteiger charge is -2.11. The molecule has 36 heavy (non-hydrogen) atoms. The fraction of sp³-hybridized carbons (Fsp3) is 0.308. The van der Waals surface area contributed by atoms with Gasteiger partial charge in [-0.15, -0.1) is 0 Å². The number of aromatic nitrogens is 4. The molecule has 3 heterocycles. The van der Waals surface area contributed by atoms with Crippen molar-refractivity contribution < 1.29 is 18.7 Å². The van der Waals surface area contributed by atoms with Crippen molar-refractivity contribution in [1.82, 2.24) is 19.3 Å². The molecule has 4 aromatic rings. The first-order valence-corrected chi connectivity index (χ1v) is 11.7. The Hall–Kier alpha value is -4.21. The number of amides is 1. The number of aryl methyl sites for hydroxylation is 1. The smallest absolute Gasteiger partial charge is 0.356 e. The summed E-state index contributed by atoms with van der Waals surface area (Å²) in [4.78, 5) is 29.3. The third-order valence-electron chi connectivity index (χ3n) is 5.73. The number of methoxy groups -OCH3 is 1. The summed E-state index contributed by atoms with van der Waals surface area (Å²) in [7, 11) is 1.32. The van der Waals surface area contributed by atoms with Gasteiger partial charge in [-0.3, -0.25) is 4.79 Å². The van der Waals surface area contributed by atoms with Gasteiger partial charge in [-0.2, -0.15) is 5.10 Å². The van der Waals surface area contributed by atoms with Crippen molar-refractivity contribution in [3.8, 4) is 5.69 Å². The van der Waals surface area contributed by atoms with Gasteiger partial charge in [0.05, 0.1) is 36.6 Å². The molecule has 0 spiro atoms. The number of halogens is 1. The molecule has 0 aliphatic carbocycles. The summed E-state index contributed by atoms with van der Waals surface area (Å²) < 4.78 is 21.7. The largest absolute Gasteiger partial charge is 0.464 e. The zero-order chi connectivity index (χ0) is 25.8. The van der Waals surface area contributed by atoms with Crippen molar-refractivity contribution in [2.24, 2.45) is 5.92 Å². The van der Waals surface area contributed by atoms with E-state index in [1.807, 2.05) is 16.8 Å². The highest BCUT2D eigenvalue weighted by Gasteiger charge is 2.25. The molecule has 1 amide bonds. The molecule has 1 aromatic carbocycles. The van der Waals surface area contributed by atoms with Crippen LogP contribution in [0.15, 0.2) is 48.9 Å². The van der Waals surface area contributed by atoms with Crippen molar-refractivity contribution in [2.75, 3.05) is 17.7 Å². The number of nitrogens with one attached hydrogen (secondary N) is 2. The molecule has 0 aliphatic heterocycles. The number of pyridine rings is 1. The number of hydrogen-bond donors (Lipinski definition) is 2. The molecule has 9 nitrogen and oxygen atoms in total. The van der Waals surface area contributed by atoms with Gasteiger partial charge in [0.1, 0.15) is 11.5 Å². The second-order valence-corrected chi connectivity index (χ2v) is 8.95. The number of benzene rings is 1. The van der Waals surface area contributed by atoms with Crippen molar-refractivity contribution in [3.05, 3.63) is 66.0 Å². The monoisotopic (exact) mass is 492 g/mol. The van der Waals surface area contributed by atoms with Crippen LogP contribution in [0, 0.1) is 11.7 Å². The van der Waals surface area contributed by atoms with Crippen LogP contribution in [0.1, 0.15) is 43.2 Å². The van der Waals surface area contributed by atoms with Crippen LogP contribution in [0.5, 0.6) is 0 Å². The zero-order valence-electron chi connectivity index (χ0n) is 20.7. The number of carbonyl (C=O) groups is 2. The van der Waals surface area contributed by atoms with Crippen LogP contribution in [0.4, 0.5) is 15.8 Å². The van der Waals surface area contributed by atoms with E-state index in [9.17, 15) is 14.0 Å². The molecule has 0 aliphatic rings. The van der Waals surface area contributed by atoms with Crippen LogP contribution in [0.25, 0.3) is 16.7 Å². The van der Waals surface area contributed by atoms with Gasteiger partial charge < -0.3 is 19.9 Å².